The highest BCUT2D eigenvalue weighted by Gasteiger charge is 2.22. The van der Waals surface area contributed by atoms with Crippen LogP contribution >= 0.6 is 0 Å². The quantitative estimate of drug-likeness (QED) is 0.748. The Bertz CT molecular complexity index is 476. The largest absolute Gasteiger partial charge is 0.355 e. The average molecular weight is 249 g/mol. The number of benzene rings is 1. The number of nitrogens with one attached hydrogen (secondary N) is 2. The first-order valence-corrected chi connectivity index (χ1v) is 5.68. The van der Waals surface area contributed by atoms with Crippen molar-refractivity contribution in [3.05, 3.63) is 29.3 Å². The SMILES string of the molecule is CNC(=O)c1ccc(C)c(NC(=O)C(C)(C)N)c1. The molecule has 0 atom stereocenters. The first kappa shape index (κ1) is 14.2. The van der Waals surface area contributed by atoms with Crippen molar-refractivity contribution in [3.63, 3.8) is 0 Å². The van der Waals surface area contributed by atoms with Crippen molar-refractivity contribution in [1.29, 1.82) is 0 Å². The third kappa shape index (κ3) is 3.30. The summed E-state index contributed by atoms with van der Waals surface area (Å²) in [6, 6.07) is 5.12. The molecule has 2 amide bonds. The molecule has 18 heavy (non-hydrogen) atoms. The zero-order valence-electron chi connectivity index (χ0n) is 11.1. The van der Waals surface area contributed by atoms with E-state index in [4.69, 9.17) is 5.73 Å². The van der Waals surface area contributed by atoms with E-state index in [2.05, 4.69) is 10.6 Å². The van der Waals surface area contributed by atoms with Gasteiger partial charge in [-0.15, -0.1) is 0 Å². The molecule has 0 unspecified atom stereocenters. The van der Waals surface area contributed by atoms with Gasteiger partial charge in [-0.1, -0.05) is 6.07 Å². The smallest absolute Gasteiger partial charge is 0.251 e. The maximum Gasteiger partial charge on any atom is 0.251 e. The van der Waals surface area contributed by atoms with Crippen LogP contribution in [0.15, 0.2) is 18.2 Å². The fraction of sp³-hybridized carbons (Fsp3) is 0.385. The lowest BCUT2D eigenvalue weighted by Crippen LogP contribution is -2.45. The monoisotopic (exact) mass is 249 g/mol. The summed E-state index contributed by atoms with van der Waals surface area (Å²) >= 11 is 0. The van der Waals surface area contributed by atoms with Crippen LogP contribution in [0.4, 0.5) is 5.69 Å². The minimum Gasteiger partial charge on any atom is -0.355 e. The van der Waals surface area contributed by atoms with E-state index in [1.807, 2.05) is 6.92 Å². The van der Waals surface area contributed by atoms with Crippen molar-refractivity contribution in [2.75, 3.05) is 12.4 Å². The third-order valence-corrected chi connectivity index (χ3v) is 2.56. The van der Waals surface area contributed by atoms with Gasteiger partial charge in [0.25, 0.3) is 5.91 Å². The van der Waals surface area contributed by atoms with Crippen molar-refractivity contribution in [1.82, 2.24) is 5.32 Å². The first-order valence-electron chi connectivity index (χ1n) is 5.68. The van der Waals surface area contributed by atoms with Gasteiger partial charge in [0, 0.05) is 18.3 Å². The number of anilines is 1. The molecule has 0 aliphatic carbocycles. The highest BCUT2D eigenvalue weighted by molar-refractivity contribution is 6.00. The highest BCUT2D eigenvalue weighted by atomic mass is 16.2. The number of amides is 2. The molecule has 1 rings (SSSR count). The highest BCUT2D eigenvalue weighted by Crippen LogP contribution is 2.18. The number of aryl methyl sites for hydroxylation is 1. The molecule has 0 heterocycles. The van der Waals surface area contributed by atoms with Gasteiger partial charge in [0.1, 0.15) is 0 Å². The van der Waals surface area contributed by atoms with E-state index in [-0.39, 0.29) is 11.8 Å². The lowest BCUT2D eigenvalue weighted by molar-refractivity contribution is -0.120. The topological polar surface area (TPSA) is 84.2 Å². The summed E-state index contributed by atoms with van der Waals surface area (Å²) in [5.74, 6) is -0.489. The minimum absolute atomic E-state index is 0.197. The fourth-order valence-electron chi connectivity index (χ4n) is 1.33. The van der Waals surface area contributed by atoms with Gasteiger partial charge in [0.05, 0.1) is 5.54 Å². The van der Waals surface area contributed by atoms with Gasteiger partial charge in [-0.05, 0) is 38.5 Å². The van der Waals surface area contributed by atoms with E-state index < -0.39 is 5.54 Å². The number of carbonyl (C=O) groups is 2. The molecule has 0 bridgehead atoms. The van der Waals surface area contributed by atoms with Gasteiger partial charge in [0.2, 0.25) is 5.91 Å². The Morgan fingerprint density at radius 3 is 2.39 bits per heavy atom. The Balaban J connectivity index is 3.02. The summed E-state index contributed by atoms with van der Waals surface area (Å²) < 4.78 is 0. The van der Waals surface area contributed by atoms with E-state index >= 15 is 0 Å². The van der Waals surface area contributed by atoms with Gasteiger partial charge in [0.15, 0.2) is 0 Å². The van der Waals surface area contributed by atoms with E-state index in [0.29, 0.717) is 11.3 Å². The van der Waals surface area contributed by atoms with Crippen LogP contribution in [0, 0.1) is 6.92 Å². The Morgan fingerprint density at radius 2 is 1.89 bits per heavy atom. The lowest BCUT2D eigenvalue weighted by Gasteiger charge is -2.19. The summed E-state index contributed by atoms with van der Waals surface area (Å²) in [6.07, 6.45) is 0. The standard InChI is InChI=1S/C13H19N3O2/c1-8-5-6-9(11(17)15-4)7-10(8)16-12(18)13(2,3)14/h5-7H,14H2,1-4H3,(H,15,17)(H,16,18). The lowest BCUT2D eigenvalue weighted by atomic mass is 10.0. The van der Waals surface area contributed by atoms with E-state index in [1.165, 1.54) is 0 Å². The molecule has 0 aliphatic heterocycles. The minimum atomic E-state index is -0.963. The van der Waals surface area contributed by atoms with Crippen LogP contribution in [0.2, 0.25) is 0 Å². The van der Waals surface area contributed by atoms with Gasteiger partial charge >= 0.3 is 0 Å². The zero-order valence-corrected chi connectivity index (χ0v) is 11.1. The number of hydrogen-bond donors (Lipinski definition) is 3. The maximum atomic E-state index is 11.8. The molecule has 4 N–H and O–H groups in total. The van der Waals surface area contributed by atoms with E-state index in [9.17, 15) is 9.59 Å². The Labute approximate surface area is 107 Å². The van der Waals surface area contributed by atoms with Gasteiger partial charge < -0.3 is 16.4 Å². The van der Waals surface area contributed by atoms with Crippen LogP contribution in [-0.2, 0) is 4.79 Å². The first-order chi connectivity index (χ1) is 8.25. The molecular weight excluding hydrogens is 230 g/mol. The van der Waals surface area contributed by atoms with Crippen molar-refractivity contribution in [2.24, 2.45) is 5.73 Å². The van der Waals surface area contributed by atoms with Crippen LogP contribution in [0.3, 0.4) is 0 Å². The second-order valence-corrected chi connectivity index (χ2v) is 4.78. The molecule has 0 spiro atoms. The molecule has 0 saturated carbocycles. The Hall–Kier alpha value is -1.88. The third-order valence-electron chi connectivity index (χ3n) is 2.56. The van der Waals surface area contributed by atoms with Crippen molar-refractivity contribution < 1.29 is 9.59 Å². The van der Waals surface area contributed by atoms with Gasteiger partial charge in [-0.25, -0.2) is 0 Å². The van der Waals surface area contributed by atoms with Crippen molar-refractivity contribution in [2.45, 2.75) is 26.3 Å². The van der Waals surface area contributed by atoms with Gasteiger partial charge in [-0.2, -0.15) is 0 Å². The maximum absolute atomic E-state index is 11.8. The predicted molar refractivity (Wildman–Crippen MR) is 71.5 cm³/mol. The summed E-state index contributed by atoms with van der Waals surface area (Å²) in [7, 11) is 1.56. The molecule has 98 valence electrons. The second-order valence-electron chi connectivity index (χ2n) is 4.78. The van der Waals surface area contributed by atoms with E-state index in [0.717, 1.165) is 5.56 Å². The summed E-state index contributed by atoms with van der Waals surface area (Å²) in [5, 5.41) is 5.26. The molecule has 1 aromatic rings. The average Bonchev–Trinajstić information content (AvgIpc) is 2.29. The molecule has 5 heteroatoms. The molecule has 5 nitrogen and oxygen atoms in total. The molecule has 0 radical (unpaired) electrons. The normalized spacial score (nSPS) is 10.9. The van der Waals surface area contributed by atoms with Crippen LogP contribution in [0.1, 0.15) is 29.8 Å². The molecule has 0 aliphatic rings. The number of nitrogens with two attached hydrogens (primary N) is 1. The molecule has 1 aromatic carbocycles. The van der Waals surface area contributed by atoms with Crippen LogP contribution in [0.5, 0.6) is 0 Å². The van der Waals surface area contributed by atoms with Crippen molar-refractivity contribution in [3.8, 4) is 0 Å². The fourth-order valence-corrected chi connectivity index (χ4v) is 1.33. The molecule has 0 aromatic heterocycles. The Kier molecular flexibility index (Phi) is 4.08. The zero-order chi connectivity index (χ0) is 13.9. The summed E-state index contributed by atoms with van der Waals surface area (Å²) in [4.78, 5) is 23.3. The number of rotatable bonds is 3. The van der Waals surface area contributed by atoms with Crippen LogP contribution in [-0.4, -0.2) is 24.4 Å². The molecule has 0 saturated heterocycles. The van der Waals surface area contributed by atoms with Crippen LogP contribution < -0.4 is 16.4 Å². The predicted octanol–water partition coefficient (Wildman–Crippen LogP) is 1.03. The molecule has 0 fully saturated rings. The number of hydrogen-bond acceptors (Lipinski definition) is 3. The van der Waals surface area contributed by atoms with Gasteiger partial charge in [-0.3, -0.25) is 9.59 Å². The van der Waals surface area contributed by atoms with E-state index in [1.54, 1.807) is 39.1 Å². The van der Waals surface area contributed by atoms with Crippen LogP contribution in [0.25, 0.3) is 0 Å². The number of carbonyl (C=O) groups excluding carboxylic acids is 2. The molecular formula is C13H19N3O2. The summed E-state index contributed by atoms with van der Waals surface area (Å²) in [6.45, 7) is 5.10. The second kappa shape index (κ2) is 5.18. The Morgan fingerprint density at radius 1 is 1.28 bits per heavy atom. The van der Waals surface area contributed by atoms with Crippen molar-refractivity contribution >= 4 is 17.5 Å². The summed E-state index contributed by atoms with van der Waals surface area (Å²) in [5.41, 5.74) is 6.71.